The lowest BCUT2D eigenvalue weighted by molar-refractivity contribution is 0.631. The van der Waals surface area contributed by atoms with Crippen LogP contribution in [0.25, 0.3) is 21.1 Å². The van der Waals surface area contributed by atoms with Crippen molar-refractivity contribution < 1.29 is 4.39 Å². The Balaban J connectivity index is 2.04. The summed E-state index contributed by atoms with van der Waals surface area (Å²) in [6.45, 7) is 0. The molecule has 0 aliphatic carbocycles. The fourth-order valence-corrected chi connectivity index (χ4v) is 3.21. The molecule has 0 radical (unpaired) electrons. The summed E-state index contributed by atoms with van der Waals surface area (Å²) in [5.41, 5.74) is 1.27. The van der Waals surface area contributed by atoms with Crippen LogP contribution in [-0.4, -0.2) is 4.98 Å². The van der Waals surface area contributed by atoms with E-state index in [9.17, 15) is 4.39 Å². The van der Waals surface area contributed by atoms with E-state index in [1.807, 2.05) is 29.0 Å². The molecule has 0 amide bonds. The van der Waals surface area contributed by atoms with Crippen molar-refractivity contribution in [3.05, 3.63) is 53.0 Å². The number of halogens is 1. The van der Waals surface area contributed by atoms with E-state index in [1.54, 1.807) is 34.8 Å². The maximum atomic E-state index is 13.6. The summed E-state index contributed by atoms with van der Waals surface area (Å²) in [6.07, 6.45) is 0. The number of aromatic nitrogens is 1. The second kappa shape index (κ2) is 4.39. The van der Waals surface area contributed by atoms with E-state index in [1.165, 1.54) is 6.07 Å². The molecule has 0 unspecified atom stereocenters. The summed E-state index contributed by atoms with van der Waals surface area (Å²) in [5.74, 6) is -0.226. The highest BCUT2D eigenvalue weighted by Gasteiger charge is 2.10. The summed E-state index contributed by atoms with van der Waals surface area (Å²) in [4.78, 5) is 5.60. The van der Waals surface area contributed by atoms with Gasteiger partial charge < -0.3 is 0 Å². The van der Waals surface area contributed by atoms with Crippen LogP contribution in [0.5, 0.6) is 0 Å². The van der Waals surface area contributed by atoms with Crippen LogP contribution in [0, 0.1) is 5.82 Å². The van der Waals surface area contributed by atoms with Gasteiger partial charge in [0.25, 0.3) is 0 Å². The number of thiophene rings is 1. The van der Waals surface area contributed by atoms with Gasteiger partial charge in [0.1, 0.15) is 10.8 Å². The fourth-order valence-electron chi connectivity index (χ4n) is 1.58. The number of hydrogen-bond acceptors (Lipinski definition) is 3. The summed E-state index contributed by atoms with van der Waals surface area (Å²) in [7, 11) is 0. The molecule has 0 saturated carbocycles. The van der Waals surface area contributed by atoms with Gasteiger partial charge in [-0.1, -0.05) is 18.2 Å². The molecule has 4 heteroatoms. The number of benzene rings is 1. The lowest BCUT2D eigenvalue weighted by Gasteiger charge is -1.97. The van der Waals surface area contributed by atoms with Gasteiger partial charge in [-0.2, -0.15) is 0 Å². The molecular formula is C13H8FNS2. The SMILES string of the molecule is Fc1ccccc1-c1csc(-c2cccs2)n1. The second-order valence-corrected chi connectivity index (χ2v) is 5.30. The Morgan fingerprint density at radius 1 is 1.00 bits per heavy atom. The summed E-state index contributed by atoms with van der Waals surface area (Å²) >= 11 is 3.19. The molecule has 0 atom stereocenters. The van der Waals surface area contributed by atoms with Gasteiger partial charge in [0, 0.05) is 10.9 Å². The molecule has 17 heavy (non-hydrogen) atoms. The predicted molar refractivity (Wildman–Crippen MR) is 70.8 cm³/mol. The minimum absolute atomic E-state index is 0.226. The fraction of sp³-hybridized carbons (Fsp3) is 0. The minimum atomic E-state index is -0.226. The van der Waals surface area contributed by atoms with Gasteiger partial charge in [0.05, 0.1) is 10.6 Å². The normalized spacial score (nSPS) is 10.6. The zero-order chi connectivity index (χ0) is 11.7. The molecule has 0 N–H and O–H groups in total. The van der Waals surface area contributed by atoms with Gasteiger partial charge in [-0.15, -0.1) is 22.7 Å². The van der Waals surface area contributed by atoms with E-state index < -0.39 is 0 Å². The Hall–Kier alpha value is -1.52. The largest absolute Gasteiger partial charge is 0.235 e. The smallest absolute Gasteiger partial charge is 0.134 e. The molecule has 1 nitrogen and oxygen atoms in total. The van der Waals surface area contributed by atoms with E-state index in [2.05, 4.69) is 4.98 Å². The zero-order valence-corrected chi connectivity index (χ0v) is 10.4. The molecule has 0 bridgehead atoms. The van der Waals surface area contributed by atoms with Crippen molar-refractivity contribution in [1.29, 1.82) is 0 Å². The Labute approximate surface area is 106 Å². The number of nitrogens with zero attached hydrogens (tertiary/aromatic N) is 1. The van der Waals surface area contributed by atoms with Crippen LogP contribution in [0.4, 0.5) is 4.39 Å². The van der Waals surface area contributed by atoms with Crippen molar-refractivity contribution in [1.82, 2.24) is 4.98 Å². The maximum Gasteiger partial charge on any atom is 0.134 e. The van der Waals surface area contributed by atoms with Gasteiger partial charge in [-0.25, -0.2) is 9.37 Å². The highest BCUT2D eigenvalue weighted by atomic mass is 32.1. The van der Waals surface area contributed by atoms with Crippen molar-refractivity contribution in [2.75, 3.05) is 0 Å². The standard InChI is InChI=1S/C13H8FNS2/c14-10-5-2-1-4-9(10)11-8-17-13(15-11)12-6-3-7-16-12/h1-8H. The molecule has 0 aliphatic rings. The Morgan fingerprint density at radius 3 is 2.65 bits per heavy atom. The van der Waals surface area contributed by atoms with Crippen molar-refractivity contribution in [3.8, 4) is 21.1 Å². The predicted octanol–water partition coefficient (Wildman–Crippen LogP) is 4.68. The van der Waals surface area contributed by atoms with Crippen LogP contribution in [0.15, 0.2) is 47.2 Å². The molecule has 3 aromatic rings. The van der Waals surface area contributed by atoms with E-state index in [4.69, 9.17) is 0 Å². The zero-order valence-electron chi connectivity index (χ0n) is 8.76. The summed E-state index contributed by atoms with van der Waals surface area (Å²) in [6, 6.07) is 10.7. The third-order valence-electron chi connectivity index (χ3n) is 2.39. The van der Waals surface area contributed by atoms with Crippen molar-refractivity contribution in [2.24, 2.45) is 0 Å². The minimum Gasteiger partial charge on any atom is -0.235 e. The number of hydrogen-bond donors (Lipinski definition) is 0. The topological polar surface area (TPSA) is 12.9 Å². The molecule has 0 aliphatic heterocycles. The van der Waals surface area contributed by atoms with Crippen molar-refractivity contribution in [3.63, 3.8) is 0 Å². The van der Waals surface area contributed by atoms with Crippen LogP contribution < -0.4 is 0 Å². The Bertz CT molecular complexity index is 628. The Kier molecular flexibility index (Phi) is 2.74. The van der Waals surface area contributed by atoms with Crippen LogP contribution in [0.1, 0.15) is 0 Å². The van der Waals surface area contributed by atoms with E-state index in [0.29, 0.717) is 11.3 Å². The van der Waals surface area contributed by atoms with E-state index in [-0.39, 0.29) is 5.82 Å². The first-order valence-electron chi connectivity index (χ1n) is 5.09. The highest BCUT2D eigenvalue weighted by Crippen LogP contribution is 2.32. The average molecular weight is 261 g/mol. The number of thiazole rings is 1. The second-order valence-electron chi connectivity index (χ2n) is 3.50. The van der Waals surface area contributed by atoms with Gasteiger partial charge in [0.15, 0.2) is 0 Å². The molecule has 84 valence electrons. The first kappa shape index (κ1) is 10.6. The first-order chi connectivity index (χ1) is 8.34. The molecule has 2 heterocycles. The Morgan fingerprint density at radius 2 is 1.88 bits per heavy atom. The number of rotatable bonds is 2. The average Bonchev–Trinajstić information content (AvgIpc) is 3.00. The quantitative estimate of drug-likeness (QED) is 0.653. The lowest BCUT2D eigenvalue weighted by Crippen LogP contribution is -1.83. The summed E-state index contributed by atoms with van der Waals surface area (Å²) in [5, 5.41) is 4.85. The van der Waals surface area contributed by atoms with E-state index in [0.717, 1.165) is 9.88 Å². The maximum absolute atomic E-state index is 13.6. The van der Waals surface area contributed by atoms with Gasteiger partial charge >= 0.3 is 0 Å². The van der Waals surface area contributed by atoms with Gasteiger partial charge in [0.2, 0.25) is 0 Å². The van der Waals surface area contributed by atoms with E-state index >= 15 is 0 Å². The molecule has 2 aromatic heterocycles. The molecule has 1 aromatic carbocycles. The highest BCUT2D eigenvalue weighted by molar-refractivity contribution is 7.20. The summed E-state index contributed by atoms with van der Waals surface area (Å²) < 4.78 is 13.6. The molecule has 0 saturated heterocycles. The van der Waals surface area contributed by atoms with Gasteiger partial charge in [-0.05, 0) is 23.6 Å². The van der Waals surface area contributed by atoms with Crippen LogP contribution >= 0.6 is 22.7 Å². The molecule has 0 spiro atoms. The van der Waals surface area contributed by atoms with Crippen LogP contribution in [0.3, 0.4) is 0 Å². The first-order valence-corrected chi connectivity index (χ1v) is 6.85. The third kappa shape index (κ3) is 2.01. The van der Waals surface area contributed by atoms with Crippen LogP contribution in [0.2, 0.25) is 0 Å². The monoisotopic (exact) mass is 261 g/mol. The third-order valence-corrected chi connectivity index (χ3v) is 4.27. The molecular weight excluding hydrogens is 253 g/mol. The van der Waals surface area contributed by atoms with Crippen molar-refractivity contribution >= 4 is 22.7 Å². The van der Waals surface area contributed by atoms with Crippen LogP contribution in [-0.2, 0) is 0 Å². The lowest BCUT2D eigenvalue weighted by atomic mass is 10.2. The molecule has 0 fully saturated rings. The molecule has 3 rings (SSSR count). The van der Waals surface area contributed by atoms with Crippen molar-refractivity contribution in [2.45, 2.75) is 0 Å². The van der Waals surface area contributed by atoms with Gasteiger partial charge in [-0.3, -0.25) is 0 Å².